The van der Waals surface area contributed by atoms with Crippen LogP contribution in [0.15, 0.2) is 40.7 Å². The van der Waals surface area contributed by atoms with E-state index in [4.69, 9.17) is 5.11 Å². The summed E-state index contributed by atoms with van der Waals surface area (Å²) >= 11 is 0. The summed E-state index contributed by atoms with van der Waals surface area (Å²) in [5, 5.41) is 30.1. The minimum Gasteiger partial charge on any atom is -0.504 e. The Morgan fingerprint density at radius 3 is 2.56 bits per heavy atom. The summed E-state index contributed by atoms with van der Waals surface area (Å²) in [5.41, 5.74) is 0.455. The molecule has 2 N–H and O–H groups in total. The highest BCUT2D eigenvalue weighted by atomic mass is 16.3. The van der Waals surface area contributed by atoms with Crippen molar-refractivity contribution < 1.29 is 10.2 Å². The van der Waals surface area contributed by atoms with E-state index in [1.807, 2.05) is 0 Å². The Hall–Kier alpha value is -2.37. The molecule has 0 spiro atoms. The summed E-state index contributed by atoms with van der Waals surface area (Å²) in [4.78, 5) is 0. The van der Waals surface area contributed by atoms with E-state index in [1.165, 1.54) is 12.1 Å². The Morgan fingerprint density at radius 2 is 1.94 bits per heavy atom. The van der Waals surface area contributed by atoms with Gasteiger partial charge in [-0.25, -0.2) is 4.68 Å². The van der Waals surface area contributed by atoms with Crippen molar-refractivity contribution >= 4 is 11.5 Å². The third-order valence-electron chi connectivity index (χ3n) is 2.02. The van der Waals surface area contributed by atoms with E-state index in [-0.39, 0.29) is 11.5 Å². The molecule has 2 rings (SSSR count). The van der Waals surface area contributed by atoms with Crippen molar-refractivity contribution in [2.45, 2.75) is 0 Å². The van der Waals surface area contributed by atoms with Gasteiger partial charge in [-0.15, -0.1) is 10.2 Å². The van der Waals surface area contributed by atoms with Crippen molar-refractivity contribution in [2.75, 3.05) is 0 Å². The van der Waals surface area contributed by atoms with E-state index < -0.39 is 0 Å². The van der Waals surface area contributed by atoms with Gasteiger partial charge >= 0.3 is 0 Å². The van der Waals surface area contributed by atoms with Crippen LogP contribution in [-0.2, 0) is 7.05 Å². The van der Waals surface area contributed by atoms with Crippen LogP contribution in [0.1, 0.15) is 0 Å². The second-order valence-electron chi connectivity index (χ2n) is 3.19. The Morgan fingerprint density at radius 1 is 1.12 bits per heavy atom. The highest BCUT2D eigenvalue weighted by molar-refractivity contribution is 5.49. The number of hydrogen-bond donors (Lipinski definition) is 2. The standard InChI is InChI=1S/C10H10N4O2/c1-14-10(4-5-11-14)13-12-7-2-3-8(15)9(16)6-7/h2-6,15-16H,1H3. The van der Waals surface area contributed by atoms with Crippen molar-refractivity contribution in [1.29, 1.82) is 0 Å². The number of aryl methyl sites for hydroxylation is 1. The predicted octanol–water partition coefficient (Wildman–Crippen LogP) is 2.25. The molecule has 6 nitrogen and oxygen atoms in total. The molecule has 1 aromatic carbocycles. The van der Waals surface area contributed by atoms with E-state index in [0.29, 0.717) is 11.5 Å². The fraction of sp³-hybridized carbons (Fsp3) is 0.100. The molecule has 0 radical (unpaired) electrons. The van der Waals surface area contributed by atoms with Crippen molar-refractivity contribution in [1.82, 2.24) is 9.78 Å². The van der Waals surface area contributed by atoms with E-state index in [1.54, 1.807) is 30.1 Å². The lowest BCUT2D eigenvalue weighted by molar-refractivity contribution is 0.404. The fourth-order valence-corrected chi connectivity index (χ4v) is 1.15. The van der Waals surface area contributed by atoms with Gasteiger partial charge in [-0.05, 0) is 12.1 Å². The summed E-state index contributed by atoms with van der Waals surface area (Å²) < 4.78 is 1.57. The largest absolute Gasteiger partial charge is 0.504 e. The summed E-state index contributed by atoms with van der Waals surface area (Å²) in [6.07, 6.45) is 1.61. The first kappa shape index (κ1) is 10.2. The fourth-order valence-electron chi connectivity index (χ4n) is 1.15. The van der Waals surface area contributed by atoms with Crippen LogP contribution in [0.4, 0.5) is 11.5 Å². The first-order chi connectivity index (χ1) is 7.66. The lowest BCUT2D eigenvalue weighted by atomic mass is 10.3. The van der Waals surface area contributed by atoms with Gasteiger partial charge in [-0.2, -0.15) is 5.10 Å². The van der Waals surface area contributed by atoms with Crippen molar-refractivity contribution in [2.24, 2.45) is 17.3 Å². The van der Waals surface area contributed by atoms with Crippen LogP contribution in [0.5, 0.6) is 11.5 Å². The number of aromatic hydroxyl groups is 2. The molecule has 6 heteroatoms. The van der Waals surface area contributed by atoms with Crippen LogP contribution in [0.2, 0.25) is 0 Å². The van der Waals surface area contributed by atoms with Gasteiger partial charge in [-0.3, -0.25) is 0 Å². The molecule has 16 heavy (non-hydrogen) atoms. The summed E-state index contributed by atoms with van der Waals surface area (Å²) in [7, 11) is 1.75. The average Bonchev–Trinajstić information content (AvgIpc) is 2.66. The van der Waals surface area contributed by atoms with Gasteiger partial charge in [0.15, 0.2) is 17.3 Å². The normalized spacial score (nSPS) is 11.1. The molecule has 0 amide bonds. The minimum atomic E-state index is -0.221. The number of azo groups is 1. The second kappa shape index (κ2) is 4.01. The monoisotopic (exact) mass is 218 g/mol. The van der Waals surface area contributed by atoms with Crippen molar-refractivity contribution in [3.8, 4) is 11.5 Å². The second-order valence-corrected chi connectivity index (χ2v) is 3.19. The van der Waals surface area contributed by atoms with E-state index in [0.717, 1.165) is 0 Å². The smallest absolute Gasteiger partial charge is 0.172 e. The number of aromatic nitrogens is 2. The van der Waals surface area contributed by atoms with Gasteiger partial charge in [0.2, 0.25) is 0 Å². The summed E-state index contributed by atoms with van der Waals surface area (Å²) in [6.45, 7) is 0. The predicted molar refractivity (Wildman–Crippen MR) is 57.2 cm³/mol. The molecule has 1 aromatic heterocycles. The first-order valence-corrected chi connectivity index (χ1v) is 4.58. The third kappa shape index (κ3) is 2.00. The van der Waals surface area contributed by atoms with Gasteiger partial charge in [0, 0.05) is 19.2 Å². The summed E-state index contributed by atoms with van der Waals surface area (Å²) in [5.74, 6) is 0.202. The highest BCUT2D eigenvalue weighted by Crippen LogP contribution is 2.29. The SMILES string of the molecule is Cn1nccc1N=Nc1ccc(O)c(O)c1. The third-order valence-corrected chi connectivity index (χ3v) is 2.02. The summed E-state index contributed by atoms with van der Waals surface area (Å²) in [6, 6.07) is 5.95. The molecule has 0 aliphatic rings. The highest BCUT2D eigenvalue weighted by Gasteiger charge is 2.00. The van der Waals surface area contributed by atoms with Gasteiger partial charge in [0.05, 0.1) is 11.9 Å². The van der Waals surface area contributed by atoms with Crippen LogP contribution in [0.25, 0.3) is 0 Å². The quantitative estimate of drug-likeness (QED) is 0.599. The van der Waals surface area contributed by atoms with E-state index >= 15 is 0 Å². The zero-order valence-corrected chi connectivity index (χ0v) is 8.57. The zero-order valence-electron chi connectivity index (χ0n) is 8.57. The van der Waals surface area contributed by atoms with Crippen LogP contribution in [0, 0.1) is 0 Å². The molecule has 0 aliphatic carbocycles. The van der Waals surface area contributed by atoms with Crippen LogP contribution in [-0.4, -0.2) is 20.0 Å². The molecule has 0 bridgehead atoms. The number of benzene rings is 1. The number of hydrogen-bond acceptors (Lipinski definition) is 5. The van der Waals surface area contributed by atoms with Crippen molar-refractivity contribution in [3.05, 3.63) is 30.5 Å². The Labute approximate surface area is 91.5 Å². The van der Waals surface area contributed by atoms with Crippen LogP contribution < -0.4 is 0 Å². The van der Waals surface area contributed by atoms with Gasteiger partial charge in [-0.1, -0.05) is 0 Å². The van der Waals surface area contributed by atoms with Gasteiger partial charge < -0.3 is 10.2 Å². The number of phenols is 2. The lowest BCUT2D eigenvalue weighted by Crippen LogP contribution is -1.86. The molecule has 0 aliphatic heterocycles. The van der Waals surface area contributed by atoms with Gasteiger partial charge in [0.1, 0.15) is 0 Å². The molecular weight excluding hydrogens is 208 g/mol. The van der Waals surface area contributed by atoms with E-state index in [2.05, 4.69) is 15.3 Å². The van der Waals surface area contributed by atoms with Gasteiger partial charge in [0.25, 0.3) is 0 Å². The molecule has 0 fully saturated rings. The van der Waals surface area contributed by atoms with Crippen LogP contribution >= 0.6 is 0 Å². The molecular formula is C10H10N4O2. The molecule has 0 unspecified atom stereocenters. The molecule has 2 aromatic rings. The first-order valence-electron chi connectivity index (χ1n) is 4.58. The topological polar surface area (TPSA) is 83.0 Å². The Bertz CT molecular complexity index is 533. The minimum absolute atomic E-state index is 0.181. The molecule has 0 atom stereocenters. The molecule has 0 saturated heterocycles. The zero-order chi connectivity index (χ0) is 11.5. The number of nitrogens with zero attached hydrogens (tertiary/aromatic N) is 4. The lowest BCUT2D eigenvalue weighted by Gasteiger charge is -1.97. The number of rotatable bonds is 2. The Kier molecular flexibility index (Phi) is 2.55. The maximum Gasteiger partial charge on any atom is 0.172 e. The molecule has 1 heterocycles. The van der Waals surface area contributed by atoms with E-state index in [9.17, 15) is 5.11 Å². The molecule has 82 valence electrons. The maximum absolute atomic E-state index is 9.24. The number of phenolic OH excluding ortho intramolecular Hbond substituents is 2. The Balaban J connectivity index is 2.24. The maximum atomic E-state index is 9.24. The molecule has 0 saturated carbocycles. The van der Waals surface area contributed by atoms with Crippen LogP contribution in [0.3, 0.4) is 0 Å². The van der Waals surface area contributed by atoms with Crippen molar-refractivity contribution in [3.63, 3.8) is 0 Å². The average molecular weight is 218 g/mol.